The van der Waals surface area contributed by atoms with Crippen LogP contribution in [-0.2, 0) is 0 Å². The number of hydrogen-bond acceptors (Lipinski definition) is 3. The third kappa shape index (κ3) is 2.89. The lowest BCUT2D eigenvalue weighted by molar-refractivity contribution is 0.589. The van der Waals surface area contributed by atoms with Gasteiger partial charge < -0.3 is 14.3 Å². The van der Waals surface area contributed by atoms with E-state index in [0.29, 0.717) is 5.89 Å². The van der Waals surface area contributed by atoms with E-state index in [-0.39, 0.29) is 6.17 Å². The highest BCUT2D eigenvalue weighted by molar-refractivity contribution is 6.18. The molecule has 0 aliphatic carbocycles. The van der Waals surface area contributed by atoms with Crippen molar-refractivity contribution in [2.75, 3.05) is 0 Å². The first-order chi connectivity index (χ1) is 16.9. The van der Waals surface area contributed by atoms with Crippen molar-refractivity contribution in [1.82, 2.24) is 14.9 Å². The normalized spacial score (nSPS) is 15.6. The topological polar surface area (TPSA) is 43.0 Å². The fraction of sp³-hybridized carbons (Fsp3) is 0.0333. The molecular formula is C30H21N3O. The number of dihydropyridines is 1. The Morgan fingerprint density at radius 1 is 0.735 bits per heavy atom. The van der Waals surface area contributed by atoms with Crippen LogP contribution in [-0.4, -0.2) is 9.55 Å². The van der Waals surface area contributed by atoms with Crippen molar-refractivity contribution in [1.29, 1.82) is 0 Å². The molecule has 0 saturated heterocycles. The molecule has 1 N–H and O–H groups in total. The molecule has 4 nitrogen and oxygen atoms in total. The quantitative estimate of drug-likeness (QED) is 0.315. The standard InChI is InChI=1S/C30H21N3O/c1-3-10-20(11-4-1)23-15-9-17-27(31-23)33-25-16-8-7-14-22(25)28-26(33)19-18-24-29(28)34-30(32-24)21-12-5-2-6-13-21/h1-19,27,31H. The molecule has 0 saturated carbocycles. The molecule has 0 amide bonds. The van der Waals surface area contributed by atoms with Gasteiger partial charge in [-0.05, 0) is 48.0 Å². The van der Waals surface area contributed by atoms with E-state index in [9.17, 15) is 0 Å². The van der Waals surface area contributed by atoms with E-state index >= 15 is 0 Å². The van der Waals surface area contributed by atoms with Crippen LogP contribution in [0.2, 0.25) is 0 Å². The van der Waals surface area contributed by atoms with Crippen LogP contribution in [0, 0.1) is 0 Å². The largest absolute Gasteiger partial charge is 0.435 e. The molecule has 6 aromatic rings. The molecule has 0 spiro atoms. The van der Waals surface area contributed by atoms with Crippen LogP contribution in [0.4, 0.5) is 0 Å². The minimum atomic E-state index is -0.0310. The minimum absolute atomic E-state index is 0.0310. The van der Waals surface area contributed by atoms with Gasteiger partial charge in [0.1, 0.15) is 11.7 Å². The number of aromatic nitrogens is 2. The number of nitrogens with one attached hydrogen (secondary N) is 1. The Balaban J connectivity index is 1.43. The highest BCUT2D eigenvalue weighted by Crippen LogP contribution is 2.39. The fourth-order valence-corrected chi connectivity index (χ4v) is 4.93. The maximum Gasteiger partial charge on any atom is 0.227 e. The van der Waals surface area contributed by atoms with Crippen LogP contribution in [0.15, 0.2) is 120 Å². The van der Waals surface area contributed by atoms with Crippen LogP contribution >= 0.6 is 0 Å². The lowest BCUT2D eigenvalue weighted by Gasteiger charge is -2.25. The Hall–Kier alpha value is -4.57. The Kier molecular flexibility index (Phi) is 4.18. The van der Waals surface area contributed by atoms with Crippen molar-refractivity contribution in [3.05, 3.63) is 121 Å². The second kappa shape index (κ2) is 7.49. The zero-order valence-corrected chi connectivity index (χ0v) is 18.3. The van der Waals surface area contributed by atoms with Crippen molar-refractivity contribution in [3.63, 3.8) is 0 Å². The molecule has 2 aromatic heterocycles. The number of para-hydroxylation sites is 1. The van der Waals surface area contributed by atoms with Crippen LogP contribution in [0.25, 0.3) is 50.1 Å². The van der Waals surface area contributed by atoms with Gasteiger partial charge in [0.2, 0.25) is 5.89 Å². The molecule has 34 heavy (non-hydrogen) atoms. The molecule has 1 atom stereocenters. The van der Waals surface area contributed by atoms with E-state index < -0.39 is 0 Å². The van der Waals surface area contributed by atoms with E-state index in [1.165, 1.54) is 5.56 Å². The summed E-state index contributed by atoms with van der Waals surface area (Å²) in [5, 5.41) is 5.98. The number of oxazole rings is 1. The van der Waals surface area contributed by atoms with E-state index in [1.807, 2.05) is 36.4 Å². The number of nitrogens with zero attached hydrogens (tertiary/aromatic N) is 2. The van der Waals surface area contributed by atoms with E-state index in [4.69, 9.17) is 9.40 Å². The van der Waals surface area contributed by atoms with Crippen molar-refractivity contribution in [2.24, 2.45) is 0 Å². The van der Waals surface area contributed by atoms with Gasteiger partial charge in [-0.3, -0.25) is 0 Å². The van der Waals surface area contributed by atoms with Crippen LogP contribution in [0.1, 0.15) is 11.7 Å². The van der Waals surface area contributed by atoms with Crippen LogP contribution < -0.4 is 5.32 Å². The monoisotopic (exact) mass is 439 g/mol. The number of allylic oxidation sites excluding steroid dienone is 2. The van der Waals surface area contributed by atoms with Gasteiger partial charge in [0.15, 0.2) is 5.58 Å². The maximum atomic E-state index is 6.39. The van der Waals surface area contributed by atoms with E-state index in [1.54, 1.807) is 0 Å². The average Bonchev–Trinajstić information content (AvgIpc) is 3.49. The molecule has 3 heterocycles. The van der Waals surface area contributed by atoms with Gasteiger partial charge in [-0.1, -0.05) is 72.8 Å². The van der Waals surface area contributed by atoms with Gasteiger partial charge in [0.05, 0.1) is 16.4 Å². The molecule has 1 aliphatic heterocycles. The summed E-state index contributed by atoms with van der Waals surface area (Å²) < 4.78 is 8.74. The van der Waals surface area contributed by atoms with Gasteiger partial charge in [-0.15, -0.1) is 0 Å². The van der Waals surface area contributed by atoms with Crippen molar-refractivity contribution >= 4 is 38.6 Å². The third-order valence-electron chi connectivity index (χ3n) is 6.47. The fourth-order valence-electron chi connectivity index (χ4n) is 4.93. The molecular weight excluding hydrogens is 418 g/mol. The molecule has 7 rings (SSSR count). The highest BCUT2D eigenvalue weighted by atomic mass is 16.3. The molecule has 1 unspecified atom stereocenters. The zero-order chi connectivity index (χ0) is 22.5. The van der Waals surface area contributed by atoms with E-state index in [0.717, 1.165) is 44.2 Å². The smallest absolute Gasteiger partial charge is 0.227 e. The highest BCUT2D eigenvalue weighted by Gasteiger charge is 2.22. The first-order valence-corrected chi connectivity index (χ1v) is 11.4. The summed E-state index contributed by atoms with van der Waals surface area (Å²) in [5.74, 6) is 0.643. The Morgan fingerprint density at radius 3 is 2.29 bits per heavy atom. The first kappa shape index (κ1) is 18.9. The number of benzene rings is 4. The molecule has 0 bridgehead atoms. The van der Waals surface area contributed by atoms with Gasteiger partial charge in [-0.25, -0.2) is 4.98 Å². The van der Waals surface area contributed by atoms with Crippen LogP contribution in [0.3, 0.4) is 0 Å². The Bertz CT molecular complexity index is 1720. The second-order valence-corrected chi connectivity index (χ2v) is 8.50. The Labute approximate surface area is 196 Å². The Morgan fingerprint density at radius 2 is 1.47 bits per heavy atom. The van der Waals surface area contributed by atoms with Gasteiger partial charge in [-0.2, -0.15) is 0 Å². The summed E-state index contributed by atoms with van der Waals surface area (Å²) >= 11 is 0. The zero-order valence-electron chi connectivity index (χ0n) is 18.3. The SMILES string of the molecule is C1=CC(n2c3ccccc3c3c4oc(-c5ccccc5)nc4ccc32)NC(c2ccccc2)=C1. The predicted molar refractivity (Wildman–Crippen MR) is 138 cm³/mol. The molecule has 4 heteroatoms. The molecule has 0 fully saturated rings. The first-order valence-electron chi connectivity index (χ1n) is 11.4. The summed E-state index contributed by atoms with van der Waals surface area (Å²) in [5.41, 5.74) is 7.20. The number of rotatable bonds is 3. The summed E-state index contributed by atoms with van der Waals surface area (Å²) in [6.45, 7) is 0. The summed E-state index contributed by atoms with van der Waals surface area (Å²) in [6.07, 6.45) is 6.42. The predicted octanol–water partition coefficient (Wildman–Crippen LogP) is 7.30. The lowest BCUT2D eigenvalue weighted by atomic mass is 10.1. The van der Waals surface area contributed by atoms with Crippen molar-refractivity contribution in [2.45, 2.75) is 6.17 Å². The van der Waals surface area contributed by atoms with E-state index in [2.05, 4.69) is 88.8 Å². The molecule has 4 aromatic carbocycles. The van der Waals surface area contributed by atoms with Gasteiger partial charge in [0, 0.05) is 16.6 Å². The maximum absolute atomic E-state index is 6.39. The molecule has 1 aliphatic rings. The summed E-state index contributed by atoms with van der Waals surface area (Å²) in [4.78, 5) is 4.80. The summed E-state index contributed by atoms with van der Waals surface area (Å²) in [7, 11) is 0. The molecule has 162 valence electrons. The second-order valence-electron chi connectivity index (χ2n) is 8.50. The average molecular weight is 440 g/mol. The third-order valence-corrected chi connectivity index (χ3v) is 6.47. The van der Waals surface area contributed by atoms with Gasteiger partial charge >= 0.3 is 0 Å². The lowest BCUT2D eigenvalue weighted by Crippen LogP contribution is -2.25. The van der Waals surface area contributed by atoms with Crippen molar-refractivity contribution < 1.29 is 4.42 Å². The summed E-state index contributed by atoms with van der Waals surface area (Å²) in [6, 6.07) is 33.2. The molecule has 0 radical (unpaired) electrons. The number of fused-ring (bicyclic) bond motifs is 5. The van der Waals surface area contributed by atoms with Crippen molar-refractivity contribution in [3.8, 4) is 11.5 Å². The van der Waals surface area contributed by atoms with Crippen LogP contribution in [0.5, 0.6) is 0 Å². The minimum Gasteiger partial charge on any atom is -0.435 e. The van der Waals surface area contributed by atoms with Gasteiger partial charge in [0.25, 0.3) is 0 Å². The number of hydrogen-bond donors (Lipinski definition) is 1.